The molecule has 0 saturated carbocycles. The standard InChI is InChI=1S/2C11H14F2N.2C5H5.Ti/c2*1-3-8(2)7-14-11-5-4-9(12)6-10(11)13;2*1-2-4-5-3-1;/h2*4-5,8,14H,3,7H2,1-2H3;2*1-5H;/q4*-1;+4. The second-order valence-electron chi connectivity index (χ2n) is 8.78. The van der Waals surface area contributed by atoms with Crippen molar-refractivity contribution in [1.82, 2.24) is 0 Å². The second-order valence-corrected chi connectivity index (χ2v) is 8.78. The number of hydrogen-bond acceptors (Lipinski definition) is 2. The van der Waals surface area contributed by atoms with Crippen molar-refractivity contribution < 1.29 is 39.3 Å². The van der Waals surface area contributed by atoms with E-state index in [1.807, 2.05) is 72.8 Å². The van der Waals surface area contributed by atoms with Gasteiger partial charge in [-0.3, -0.25) is 0 Å². The van der Waals surface area contributed by atoms with Crippen LogP contribution in [0.5, 0.6) is 0 Å². The van der Waals surface area contributed by atoms with E-state index in [1.165, 1.54) is 24.3 Å². The Labute approximate surface area is 246 Å². The van der Waals surface area contributed by atoms with E-state index < -0.39 is 23.3 Å². The zero-order valence-corrected chi connectivity index (χ0v) is 24.6. The molecule has 0 bridgehead atoms. The van der Waals surface area contributed by atoms with Gasteiger partial charge in [0, 0.05) is 36.4 Å². The normalized spacial score (nSPS) is 11.1. The molecule has 4 aromatic rings. The molecular formula is C32H38F4N2Ti. The van der Waals surface area contributed by atoms with Gasteiger partial charge in [0.2, 0.25) is 0 Å². The minimum absolute atomic E-state index is 0. The van der Waals surface area contributed by atoms with Crippen molar-refractivity contribution in [3.05, 3.63) is 120 Å². The first-order chi connectivity index (χ1) is 18.3. The molecule has 0 amide bonds. The molecule has 2 unspecified atom stereocenters. The van der Waals surface area contributed by atoms with Crippen LogP contribution in [-0.4, -0.2) is 13.1 Å². The summed E-state index contributed by atoms with van der Waals surface area (Å²) in [7, 11) is 0. The SMILES string of the molecule is CCC(C)CNc1ccc(F)[c-]c1F.CCC(C)CNc1ccc(F)[c-]c1F.[Ti+4].c1cc[cH-]c1.c1cc[cH-]c1. The van der Waals surface area contributed by atoms with Crippen LogP contribution >= 0.6 is 0 Å². The molecule has 208 valence electrons. The Morgan fingerprint density at radius 2 is 0.974 bits per heavy atom. The van der Waals surface area contributed by atoms with Crippen molar-refractivity contribution in [2.75, 3.05) is 23.7 Å². The summed E-state index contributed by atoms with van der Waals surface area (Å²) in [5.41, 5.74) is 0.624. The molecule has 2 nitrogen and oxygen atoms in total. The van der Waals surface area contributed by atoms with Crippen molar-refractivity contribution >= 4 is 11.4 Å². The molecule has 0 spiro atoms. The van der Waals surface area contributed by atoms with E-state index in [0.29, 0.717) is 36.3 Å². The fraction of sp³-hybridized carbons (Fsp3) is 0.312. The summed E-state index contributed by atoms with van der Waals surface area (Å²) in [5.74, 6) is -1.71. The maximum Gasteiger partial charge on any atom is 4.00 e. The van der Waals surface area contributed by atoms with Gasteiger partial charge in [-0.2, -0.15) is 36.4 Å². The maximum absolute atomic E-state index is 13.0. The summed E-state index contributed by atoms with van der Waals surface area (Å²) in [5, 5.41) is 5.84. The molecule has 39 heavy (non-hydrogen) atoms. The van der Waals surface area contributed by atoms with Gasteiger partial charge in [0.25, 0.3) is 0 Å². The Morgan fingerprint density at radius 3 is 1.21 bits per heavy atom. The van der Waals surface area contributed by atoms with E-state index in [-0.39, 0.29) is 21.7 Å². The molecular weight excluding hydrogens is 536 g/mol. The largest absolute Gasteiger partial charge is 4.00 e. The van der Waals surface area contributed by atoms with Crippen molar-refractivity contribution in [2.24, 2.45) is 11.8 Å². The van der Waals surface area contributed by atoms with Crippen LogP contribution in [0.1, 0.15) is 40.5 Å². The second kappa shape index (κ2) is 22.0. The summed E-state index contributed by atoms with van der Waals surface area (Å²) in [6, 6.07) is 29.1. The van der Waals surface area contributed by atoms with Crippen molar-refractivity contribution in [3.63, 3.8) is 0 Å². The van der Waals surface area contributed by atoms with Gasteiger partial charge in [0.05, 0.1) is 0 Å². The predicted octanol–water partition coefficient (Wildman–Crippen LogP) is 9.25. The van der Waals surface area contributed by atoms with Gasteiger partial charge in [0.15, 0.2) is 0 Å². The van der Waals surface area contributed by atoms with Crippen LogP contribution in [-0.2, 0) is 21.7 Å². The van der Waals surface area contributed by atoms with Gasteiger partial charge < -0.3 is 10.6 Å². The van der Waals surface area contributed by atoms with Gasteiger partial charge in [-0.1, -0.05) is 40.5 Å². The van der Waals surface area contributed by atoms with Gasteiger partial charge in [-0.15, -0.1) is 36.4 Å². The zero-order chi connectivity index (χ0) is 28.2. The molecule has 0 saturated heterocycles. The number of halogens is 4. The summed E-state index contributed by atoms with van der Waals surface area (Å²) in [4.78, 5) is 0. The average molecular weight is 575 g/mol. The van der Waals surface area contributed by atoms with E-state index in [4.69, 9.17) is 0 Å². The Bertz CT molecular complexity index is 964. The molecule has 4 rings (SSSR count). The Kier molecular flexibility index (Phi) is 20.4. The number of anilines is 2. The summed E-state index contributed by atoms with van der Waals surface area (Å²) in [6.45, 7) is 9.65. The fourth-order valence-electron chi connectivity index (χ4n) is 2.66. The van der Waals surface area contributed by atoms with Gasteiger partial charge in [0.1, 0.15) is 0 Å². The van der Waals surface area contributed by atoms with Crippen LogP contribution in [0.15, 0.2) is 84.9 Å². The first-order valence-corrected chi connectivity index (χ1v) is 12.8. The minimum atomic E-state index is -0.670. The third-order valence-corrected chi connectivity index (χ3v) is 5.51. The van der Waals surface area contributed by atoms with Crippen LogP contribution in [0.4, 0.5) is 28.9 Å². The average Bonchev–Trinajstić information content (AvgIpc) is 3.67. The van der Waals surface area contributed by atoms with Crippen LogP contribution < -0.4 is 10.6 Å². The molecule has 0 aliphatic heterocycles. The number of hydrogen-bond donors (Lipinski definition) is 2. The number of rotatable bonds is 8. The molecule has 2 N–H and O–H groups in total. The van der Waals surface area contributed by atoms with Crippen LogP contribution in [0, 0.1) is 47.2 Å². The predicted molar refractivity (Wildman–Crippen MR) is 150 cm³/mol. The van der Waals surface area contributed by atoms with Crippen molar-refractivity contribution in [2.45, 2.75) is 40.5 Å². The van der Waals surface area contributed by atoms with E-state index in [2.05, 4.69) is 38.3 Å². The zero-order valence-electron chi connectivity index (χ0n) is 23.1. The summed E-state index contributed by atoms with van der Waals surface area (Å²) >= 11 is 0. The van der Waals surface area contributed by atoms with E-state index >= 15 is 0 Å². The Morgan fingerprint density at radius 1 is 0.641 bits per heavy atom. The topological polar surface area (TPSA) is 24.1 Å². The van der Waals surface area contributed by atoms with Crippen LogP contribution in [0.3, 0.4) is 0 Å². The molecule has 0 radical (unpaired) electrons. The molecule has 2 atom stereocenters. The summed E-state index contributed by atoms with van der Waals surface area (Å²) in [6.07, 6.45) is 2.05. The smallest absolute Gasteiger partial charge is 0.434 e. The van der Waals surface area contributed by atoms with E-state index in [1.54, 1.807) is 0 Å². The molecule has 0 heterocycles. The Balaban J connectivity index is 0.000000537. The van der Waals surface area contributed by atoms with Crippen molar-refractivity contribution in [1.29, 1.82) is 0 Å². The third-order valence-electron chi connectivity index (χ3n) is 5.51. The number of benzene rings is 2. The number of nitrogens with one attached hydrogen (secondary N) is 2. The summed E-state index contributed by atoms with van der Waals surface area (Å²) < 4.78 is 51.1. The van der Waals surface area contributed by atoms with Gasteiger partial charge in [-0.25, -0.2) is 41.8 Å². The fourth-order valence-corrected chi connectivity index (χ4v) is 2.66. The molecule has 0 fully saturated rings. The molecule has 4 aromatic carbocycles. The van der Waals surface area contributed by atoms with Crippen LogP contribution in [0.2, 0.25) is 0 Å². The minimum Gasteiger partial charge on any atom is -0.434 e. The first kappa shape index (κ1) is 36.2. The van der Waals surface area contributed by atoms with Gasteiger partial charge >= 0.3 is 21.7 Å². The Hall–Kier alpha value is -2.83. The van der Waals surface area contributed by atoms with E-state index in [9.17, 15) is 17.6 Å². The van der Waals surface area contributed by atoms with Crippen LogP contribution in [0.25, 0.3) is 0 Å². The van der Waals surface area contributed by atoms with E-state index in [0.717, 1.165) is 12.8 Å². The molecule has 0 aliphatic rings. The quantitative estimate of drug-likeness (QED) is 0.125. The molecule has 0 aliphatic carbocycles. The van der Waals surface area contributed by atoms with Gasteiger partial charge in [-0.05, 0) is 23.2 Å². The molecule has 0 aromatic heterocycles. The maximum atomic E-state index is 13.0. The first-order valence-electron chi connectivity index (χ1n) is 12.8. The molecule has 7 heteroatoms. The monoisotopic (exact) mass is 574 g/mol. The third kappa shape index (κ3) is 17.4. The van der Waals surface area contributed by atoms with Crippen molar-refractivity contribution in [3.8, 4) is 0 Å².